The largest absolute Gasteiger partial charge is 0.854 e. The molecule has 0 spiro atoms. The molecule has 0 aliphatic carbocycles. The highest BCUT2D eigenvalue weighted by Gasteiger charge is 2.44. The van der Waals surface area contributed by atoms with Crippen molar-refractivity contribution in [3.63, 3.8) is 0 Å². The minimum atomic E-state index is -0.616. The van der Waals surface area contributed by atoms with Crippen molar-refractivity contribution in [1.29, 1.82) is 0 Å². The smallest absolute Gasteiger partial charge is 0.293 e. The number of amides is 1. The maximum absolute atomic E-state index is 13.2. The first kappa shape index (κ1) is 20.9. The van der Waals surface area contributed by atoms with Crippen molar-refractivity contribution in [2.75, 3.05) is 10.7 Å². The molecule has 1 atom stereocenters. The van der Waals surface area contributed by atoms with E-state index < -0.39 is 6.17 Å². The molecule has 0 fully saturated rings. The number of anilines is 1. The summed E-state index contributed by atoms with van der Waals surface area (Å²) in [6.07, 6.45) is -0.616. The molecular weight excluding hydrogens is 488 g/mol. The molecule has 1 aromatic heterocycles. The summed E-state index contributed by atoms with van der Waals surface area (Å²) in [6.45, 7) is 3.52. The number of hydrogen-bond donors (Lipinski definition) is 0. The molecule has 5 rings (SSSR count). The zero-order valence-corrected chi connectivity index (χ0v) is 19.9. The Morgan fingerprint density at radius 2 is 1.97 bits per heavy atom. The highest BCUT2D eigenvalue weighted by molar-refractivity contribution is 9.10. The van der Waals surface area contributed by atoms with Crippen molar-refractivity contribution in [3.8, 4) is 17.1 Å². The molecular formula is C24H19BrN4O2S. The van der Waals surface area contributed by atoms with Crippen LogP contribution in [0.15, 0.2) is 70.3 Å². The molecule has 2 heterocycles. The van der Waals surface area contributed by atoms with Gasteiger partial charge in [0, 0.05) is 16.5 Å². The van der Waals surface area contributed by atoms with E-state index in [4.69, 9.17) is 5.10 Å². The fourth-order valence-corrected chi connectivity index (χ4v) is 5.16. The Kier molecular flexibility index (Phi) is 5.35. The summed E-state index contributed by atoms with van der Waals surface area (Å²) in [7, 11) is 0. The molecule has 32 heavy (non-hydrogen) atoms. The number of carbonyl (C=O) groups is 1. The molecule has 0 N–H and O–H groups in total. The van der Waals surface area contributed by atoms with E-state index in [1.807, 2.05) is 67.6 Å². The number of fused-ring (bicyclic) bond motifs is 4. The van der Waals surface area contributed by atoms with Gasteiger partial charge in [-0.25, -0.2) is 9.88 Å². The number of nitrogens with zero attached hydrogens (tertiary/aromatic N) is 4. The minimum Gasteiger partial charge on any atom is -0.854 e. The molecule has 160 valence electrons. The maximum atomic E-state index is 13.2. The van der Waals surface area contributed by atoms with E-state index in [0.29, 0.717) is 22.1 Å². The zero-order valence-electron chi connectivity index (χ0n) is 17.4. The fraction of sp³-hybridized carbons (Fsp3) is 0.167. The summed E-state index contributed by atoms with van der Waals surface area (Å²) in [5.74, 6) is 0.236. The zero-order chi connectivity index (χ0) is 22.4. The summed E-state index contributed by atoms with van der Waals surface area (Å²) in [5.41, 5.74) is 2.56. The van der Waals surface area contributed by atoms with Gasteiger partial charge in [0.05, 0.1) is 22.7 Å². The van der Waals surface area contributed by atoms with Crippen LogP contribution in [0.3, 0.4) is 0 Å². The van der Waals surface area contributed by atoms with Crippen molar-refractivity contribution in [2.45, 2.75) is 25.2 Å². The monoisotopic (exact) mass is 506 g/mol. The second-order valence-corrected chi connectivity index (χ2v) is 9.57. The molecule has 1 aliphatic rings. The van der Waals surface area contributed by atoms with Crippen LogP contribution in [0.4, 0.5) is 5.69 Å². The summed E-state index contributed by atoms with van der Waals surface area (Å²) in [6, 6.07) is 19.6. The highest BCUT2D eigenvalue weighted by Crippen LogP contribution is 2.43. The summed E-state index contributed by atoms with van der Waals surface area (Å²) in [5, 5.41) is 20.4. The highest BCUT2D eigenvalue weighted by atomic mass is 79.9. The van der Waals surface area contributed by atoms with Gasteiger partial charge in [0.25, 0.3) is 17.0 Å². The van der Waals surface area contributed by atoms with E-state index in [-0.39, 0.29) is 11.8 Å². The van der Waals surface area contributed by atoms with E-state index in [9.17, 15) is 9.90 Å². The number of halogens is 1. The van der Waals surface area contributed by atoms with Gasteiger partial charge < -0.3 is 5.11 Å². The van der Waals surface area contributed by atoms with Crippen LogP contribution < -0.4 is 14.7 Å². The van der Waals surface area contributed by atoms with Gasteiger partial charge in [0.1, 0.15) is 0 Å². The van der Waals surface area contributed by atoms with Gasteiger partial charge in [-0.15, -0.1) is 0 Å². The van der Waals surface area contributed by atoms with Crippen molar-refractivity contribution in [1.82, 2.24) is 10.1 Å². The molecule has 8 heteroatoms. The second kappa shape index (κ2) is 8.18. The van der Waals surface area contributed by atoms with Crippen molar-refractivity contribution in [2.24, 2.45) is 0 Å². The van der Waals surface area contributed by atoms with E-state index in [2.05, 4.69) is 20.9 Å². The molecule has 4 aromatic rings. The van der Waals surface area contributed by atoms with Crippen LogP contribution in [-0.2, 0) is 4.79 Å². The average Bonchev–Trinajstić information content (AvgIpc) is 2.77. The van der Waals surface area contributed by atoms with Crippen LogP contribution in [0, 0.1) is 0 Å². The third kappa shape index (κ3) is 3.34. The quantitative estimate of drug-likeness (QED) is 0.303. The van der Waals surface area contributed by atoms with E-state index in [1.54, 1.807) is 9.58 Å². The average molecular weight is 507 g/mol. The molecule has 6 nitrogen and oxygen atoms in total. The van der Waals surface area contributed by atoms with E-state index in [1.165, 1.54) is 18.7 Å². The van der Waals surface area contributed by atoms with Gasteiger partial charge in [-0.2, -0.15) is 0 Å². The van der Waals surface area contributed by atoms with Crippen LogP contribution in [-0.4, -0.2) is 21.7 Å². The first-order chi connectivity index (χ1) is 15.5. The van der Waals surface area contributed by atoms with Crippen molar-refractivity contribution in [3.05, 3.63) is 70.7 Å². The Labute approximate surface area is 198 Å². The Morgan fingerprint density at radius 1 is 1.19 bits per heavy atom. The normalized spacial score (nSPS) is 14.8. The number of benzene rings is 3. The lowest BCUT2D eigenvalue weighted by atomic mass is 9.97. The number of carbonyl (C=O) groups excluding carboxylic acids is 1. The fourth-order valence-electron chi connectivity index (χ4n) is 4.25. The lowest BCUT2D eigenvalue weighted by molar-refractivity contribution is -0.764. The third-order valence-electron chi connectivity index (χ3n) is 5.49. The molecule has 1 aliphatic heterocycles. The summed E-state index contributed by atoms with van der Waals surface area (Å²) in [4.78, 5) is 19.0. The van der Waals surface area contributed by atoms with Gasteiger partial charge >= 0.3 is 0 Å². The molecule has 0 bridgehead atoms. The predicted molar refractivity (Wildman–Crippen MR) is 126 cm³/mol. The molecule has 0 radical (unpaired) electrons. The molecule has 1 amide bonds. The molecule has 3 aromatic carbocycles. The standard InChI is InChI=1S/C24H19BrN4O2S/c1-3-32-24-26-22(31)21-19-13-16(25)11-12-20(19)28(14(2)30)23(29(21)27-24)18-10-6-8-15-7-4-5-9-17(15)18/h4-13,23H,3H2,1-2H3. The Bertz CT molecular complexity index is 1370. The van der Waals surface area contributed by atoms with Gasteiger partial charge in [0.15, 0.2) is 0 Å². The number of hydrogen-bond acceptors (Lipinski definition) is 5. The topological polar surface area (TPSA) is 73.0 Å². The van der Waals surface area contributed by atoms with Crippen LogP contribution in [0.5, 0.6) is 5.88 Å². The van der Waals surface area contributed by atoms with Crippen LogP contribution >= 0.6 is 27.7 Å². The van der Waals surface area contributed by atoms with Gasteiger partial charge in [-0.3, -0.25) is 4.79 Å². The van der Waals surface area contributed by atoms with Crippen LogP contribution in [0.25, 0.3) is 22.0 Å². The Hall–Kier alpha value is -2.97. The van der Waals surface area contributed by atoms with Gasteiger partial charge in [0.2, 0.25) is 5.91 Å². The molecule has 0 saturated carbocycles. The van der Waals surface area contributed by atoms with E-state index in [0.717, 1.165) is 26.6 Å². The lowest BCUT2D eigenvalue weighted by Crippen LogP contribution is -2.58. The number of rotatable bonds is 3. The van der Waals surface area contributed by atoms with E-state index >= 15 is 0 Å². The first-order valence-corrected chi connectivity index (χ1v) is 12.0. The lowest BCUT2D eigenvalue weighted by Gasteiger charge is -2.33. The predicted octanol–water partition coefficient (Wildman–Crippen LogP) is 4.45. The second-order valence-electron chi connectivity index (χ2n) is 7.42. The van der Waals surface area contributed by atoms with Crippen molar-refractivity contribution >= 4 is 50.1 Å². The molecule has 0 saturated heterocycles. The maximum Gasteiger partial charge on any atom is 0.293 e. The Balaban J connectivity index is 1.89. The number of aromatic nitrogens is 3. The third-order valence-corrected chi connectivity index (χ3v) is 6.70. The van der Waals surface area contributed by atoms with Crippen LogP contribution in [0.2, 0.25) is 0 Å². The van der Waals surface area contributed by atoms with Crippen LogP contribution in [0.1, 0.15) is 25.6 Å². The number of thioether (sulfide) groups is 1. The minimum absolute atomic E-state index is 0.139. The molecule has 1 unspecified atom stereocenters. The summed E-state index contributed by atoms with van der Waals surface area (Å²) < 4.78 is 2.48. The summed E-state index contributed by atoms with van der Waals surface area (Å²) >= 11 is 4.90. The first-order valence-electron chi connectivity index (χ1n) is 10.2. The van der Waals surface area contributed by atoms with Crippen molar-refractivity contribution < 1.29 is 14.6 Å². The van der Waals surface area contributed by atoms with Gasteiger partial charge in [-0.05, 0) is 40.8 Å². The Morgan fingerprint density at radius 3 is 2.75 bits per heavy atom. The SMILES string of the molecule is CCSc1nc([O-])c2[n+](n1)C(c1cccc3ccccc13)N(C(C)=O)c1ccc(Br)cc1-2. The van der Waals surface area contributed by atoms with Gasteiger partial charge in [-0.1, -0.05) is 75.7 Å².